The number of carbonyl (C=O) groups excluding carboxylic acids is 1. The lowest BCUT2D eigenvalue weighted by Gasteiger charge is -2.38. The molecule has 136 valence electrons. The summed E-state index contributed by atoms with van der Waals surface area (Å²) in [7, 11) is 0. The summed E-state index contributed by atoms with van der Waals surface area (Å²) in [6, 6.07) is 5.82. The van der Waals surface area contributed by atoms with Crippen molar-refractivity contribution in [1.29, 1.82) is 5.41 Å². The Labute approximate surface area is 150 Å². The molecule has 0 spiro atoms. The molecular formula is C20H30N4O. The lowest BCUT2D eigenvalue weighted by Crippen LogP contribution is -2.41. The standard InChI is InChI=1S/C13H17N3O.C7H13N/c1-8(2)16-11-5-3-4-9-12(11)10(14)6-7-15-13(9)17;1-4-8-5-2-7(1)3-6-8/h3-5,8,14,16H,6-7H2,1-2H3,(H,15,17);7H,1-6H2. The van der Waals surface area contributed by atoms with Crippen LogP contribution in [-0.2, 0) is 0 Å². The second-order valence-corrected chi connectivity index (χ2v) is 7.59. The number of amides is 1. The topological polar surface area (TPSA) is 68.2 Å². The van der Waals surface area contributed by atoms with Crippen molar-refractivity contribution in [2.75, 3.05) is 31.5 Å². The first-order chi connectivity index (χ1) is 12.0. The number of piperidine rings is 3. The van der Waals surface area contributed by atoms with Crippen LogP contribution in [0.1, 0.15) is 55.5 Å². The zero-order chi connectivity index (χ0) is 17.8. The molecule has 1 aromatic rings. The van der Waals surface area contributed by atoms with Gasteiger partial charge in [0.25, 0.3) is 5.91 Å². The van der Waals surface area contributed by atoms with Gasteiger partial charge in [-0.05, 0) is 70.8 Å². The molecule has 5 rings (SSSR count). The highest BCUT2D eigenvalue weighted by molar-refractivity contribution is 6.14. The molecule has 0 radical (unpaired) electrons. The van der Waals surface area contributed by atoms with E-state index < -0.39 is 0 Å². The quantitative estimate of drug-likeness (QED) is 0.773. The molecule has 0 aliphatic carbocycles. The molecule has 3 fully saturated rings. The molecule has 4 aliphatic heterocycles. The van der Waals surface area contributed by atoms with Crippen molar-refractivity contribution in [1.82, 2.24) is 10.2 Å². The van der Waals surface area contributed by atoms with E-state index in [2.05, 4.69) is 15.5 Å². The van der Waals surface area contributed by atoms with E-state index in [1.807, 2.05) is 26.0 Å². The summed E-state index contributed by atoms with van der Waals surface area (Å²) in [5.41, 5.74) is 2.73. The number of anilines is 1. The van der Waals surface area contributed by atoms with E-state index in [0.29, 0.717) is 24.2 Å². The largest absolute Gasteiger partial charge is 0.382 e. The molecule has 4 aliphatic rings. The van der Waals surface area contributed by atoms with Crippen LogP contribution in [0, 0.1) is 11.3 Å². The fourth-order valence-electron chi connectivity index (χ4n) is 3.88. The Balaban J connectivity index is 0.000000188. The van der Waals surface area contributed by atoms with Crippen molar-refractivity contribution in [3.8, 4) is 0 Å². The van der Waals surface area contributed by atoms with Gasteiger partial charge < -0.3 is 20.9 Å². The summed E-state index contributed by atoms with van der Waals surface area (Å²) in [5, 5.41) is 14.1. The number of rotatable bonds is 2. The summed E-state index contributed by atoms with van der Waals surface area (Å²) in [6.45, 7) is 8.80. The Kier molecular flexibility index (Phi) is 5.74. The van der Waals surface area contributed by atoms with Crippen LogP contribution in [-0.4, -0.2) is 48.7 Å². The number of fused-ring (bicyclic) bond motifs is 4. The Bertz CT molecular complexity index is 610. The van der Waals surface area contributed by atoms with Gasteiger partial charge in [0, 0.05) is 36.0 Å². The predicted octanol–water partition coefficient (Wildman–Crippen LogP) is 3.11. The zero-order valence-electron chi connectivity index (χ0n) is 15.4. The fraction of sp³-hybridized carbons (Fsp3) is 0.600. The third-order valence-corrected chi connectivity index (χ3v) is 5.28. The minimum absolute atomic E-state index is 0.0883. The van der Waals surface area contributed by atoms with E-state index in [4.69, 9.17) is 5.41 Å². The van der Waals surface area contributed by atoms with Gasteiger partial charge in [-0.1, -0.05) is 6.07 Å². The summed E-state index contributed by atoms with van der Waals surface area (Å²) in [5.74, 6) is 1.02. The minimum Gasteiger partial charge on any atom is -0.382 e. The van der Waals surface area contributed by atoms with E-state index in [1.54, 1.807) is 6.07 Å². The minimum atomic E-state index is -0.0883. The molecule has 1 amide bonds. The molecule has 0 saturated carbocycles. The maximum absolute atomic E-state index is 11.9. The lowest BCUT2D eigenvalue weighted by molar-refractivity contribution is 0.0956. The smallest absolute Gasteiger partial charge is 0.252 e. The normalized spacial score (nSPS) is 24.8. The first-order valence-electron chi connectivity index (χ1n) is 9.52. The van der Waals surface area contributed by atoms with Crippen molar-refractivity contribution in [3.05, 3.63) is 29.3 Å². The van der Waals surface area contributed by atoms with Crippen molar-refractivity contribution < 1.29 is 4.79 Å². The molecule has 3 saturated heterocycles. The van der Waals surface area contributed by atoms with Gasteiger partial charge in [0.2, 0.25) is 0 Å². The summed E-state index contributed by atoms with van der Waals surface area (Å²) >= 11 is 0. The van der Waals surface area contributed by atoms with Gasteiger partial charge in [0.1, 0.15) is 0 Å². The molecule has 3 N–H and O–H groups in total. The van der Waals surface area contributed by atoms with Crippen molar-refractivity contribution in [2.45, 2.75) is 45.6 Å². The van der Waals surface area contributed by atoms with E-state index in [1.165, 1.54) is 38.9 Å². The van der Waals surface area contributed by atoms with Gasteiger partial charge in [-0.25, -0.2) is 0 Å². The van der Waals surface area contributed by atoms with E-state index in [-0.39, 0.29) is 11.9 Å². The Morgan fingerprint density at radius 1 is 1.20 bits per heavy atom. The maximum Gasteiger partial charge on any atom is 0.252 e. The lowest BCUT2D eigenvalue weighted by atomic mass is 9.89. The predicted molar refractivity (Wildman–Crippen MR) is 103 cm³/mol. The second-order valence-electron chi connectivity index (χ2n) is 7.59. The molecular weight excluding hydrogens is 312 g/mol. The molecule has 4 heterocycles. The van der Waals surface area contributed by atoms with Crippen molar-refractivity contribution >= 4 is 17.3 Å². The van der Waals surface area contributed by atoms with Crippen LogP contribution in [0.4, 0.5) is 5.69 Å². The van der Waals surface area contributed by atoms with Crippen molar-refractivity contribution in [3.63, 3.8) is 0 Å². The van der Waals surface area contributed by atoms with Crippen LogP contribution < -0.4 is 10.6 Å². The monoisotopic (exact) mass is 342 g/mol. The average molecular weight is 342 g/mol. The van der Waals surface area contributed by atoms with Gasteiger partial charge in [0.15, 0.2) is 0 Å². The highest BCUT2D eigenvalue weighted by Gasteiger charge is 2.24. The average Bonchev–Trinajstić information content (AvgIpc) is 2.77. The number of nitrogens with zero attached hydrogens (tertiary/aromatic N) is 1. The number of hydrogen-bond acceptors (Lipinski definition) is 4. The van der Waals surface area contributed by atoms with Crippen LogP contribution in [0.5, 0.6) is 0 Å². The van der Waals surface area contributed by atoms with Crippen LogP contribution in [0.2, 0.25) is 0 Å². The Morgan fingerprint density at radius 3 is 2.40 bits per heavy atom. The molecule has 25 heavy (non-hydrogen) atoms. The van der Waals surface area contributed by atoms with Crippen LogP contribution in [0.25, 0.3) is 0 Å². The summed E-state index contributed by atoms with van der Waals surface area (Å²) < 4.78 is 0. The van der Waals surface area contributed by atoms with E-state index in [9.17, 15) is 4.79 Å². The van der Waals surface area contributed by atoms with Gasteiger partial charge in [-0.3, -0.25) is 4.79 Å². The highest BCUT2D eigenvalue weighted by atomic mass is 16.1. The van der Waals surface area contributed by atoms with E-state index >= 15 is 0 Å². The number of nitrogens with one attached hydrogen (secondary N) is 3. The van der Waals surface area contributed by atoms with Crippen LogP contribution >= 0.6 is 0 Å². The zero-order valence-corrected chi connectivity index (χ0v) is 15.4. The molecule has 0 atom stereocenters. The number of benzene rings is 1. The molecule has 5 nitrogen and oxygen atoms in total. The first-order valence-corrected chi connectivity index (χ1v) is 9.52. The van der Waals surface area contributed by atoms with Crippen LogP contribution in [0.15, 0.2) is 18.2 Å². The summed E-state index contributed by atoms with van der Waals surface area (Å²) in [6.07, 6.45) is 5.04. The molecule has 0 unspecified atom stereocenters. The molecule has 2 bridgehead atoms. The highest BCUT2D eigenvalue weighted by Crippen LogP contribution is 2.26. The van der Waals surface area contributed by atoms with Gasteiger partial charge >= 0.3 is 0 Å². The van der Waals surface area contributed by atoms with Crippen molar-refractivity contribution in [2.24, 2.45) is 5.92 Å². The molecule has 1 aromatic carbocycles. The van der Waals surface area contributed by atoms with Crippen LogP contribution in [0.3, 0.4) is 0 Å². The van der Waals surface area contributed by atoms with Gasteiger partial charge in [0.05, 0.1) is 5.56 Å². The molecule has 0 aromatic heterocycles. The summed E-state index contributed by atoms with van der Waals surface area (Å²) in [4.78, 5) is 14.4. The number of hydrogen-bond donors (Lipinski definition) is 3. The molecule has 5 heteroatoms. The van der Waals surface area contributed by atoms with Gasteiger partial charge in [-0.2, -0.15) is 0 Å². The Morgan fingerprint density at radius 2 is 1.88 bits per heavy atom. The fourth-order valence-corrected chi connectivity index (χ4v) is 3.88. The second kappa shape index (κ2) is 8.00. The SMILES string of the molecule is C1CN2CCC1CC2.CC(C)Nc1cccc2c1C(=N)CCNC2=O. The van der Waals surface area contributed by atoms with Gasteiger partial charge in [-0.15, -0.1) is 0 Å². The maximum atomic E-state index is 11.9. The first kappa shape index (κ1) is 17.9. The van der Waals surface area contributed by atoms with E-state index in [0.717, 1.165) is 17.2 Å². The third kappa shape index (κ3) is 4.40. The number of carbonyl (C=O) groups is 1. The Hall–Kier alpha value is -1.88. The third-order valence-electron chi connectivity index (χ3n) is 5.28.